The van der Waals surface area contributed by atoms with Gasteiger partial charge in [0.15, 0.2) is 0 Å². The molecule has 3 atom stereocenters. The van der Waals surface area contributed by atoms with Gasteiger partial charge in [0, 0.05) is 11.3 Å². The maximum Gasteiger partial charge on any atom is 0.125 e. The van der Waals surface area contributed by atoms with E-state index in [9.17, 15) is 0 Å². The van der Waals surface area contributed by atoms with Gasteiger partial charge >= 0.3 is 0 Å². The summed E-state index contributed by atoms with van der Waals surface area (Å²) in [6.07, 6.45) is 3.33. The maximum atomic E-state index is 4.08. The highest BCUT2D eigenvalue weighted by Crippen LogP contribution is 2.51. The lowest BCUT2D eigenvalue weighted by atomic mass is 9.87. The van der Waals surface area contributed by atoms with E-state index in [2.05, 4.69) is 185 Å². The van der Waals surface area contributed by atoms with Crippen LogP contribution in [0.2, 0.25) is 0 Å². The van der Waals surface area contributed by atoms with Gasteiger partial charge in [-0.15, -0.1) is 0 Å². The molecule has 234 valence electrons. The first-order valence-electron chi connectivity index (χ1n) is 17.3. The van der Waals surface area contributed by atoms with E-state index in [0.717, 1.165) is 17.8 Å². The Balaban J connectivity index is 1.21. The van der Waals surface area contributed by atoms with E-state index in [1.807, 2.05) is 0 Å². The first-order valence-corrected chi connectivity index (χ1v) is 17.3. The molecular weight excluding hydrogens is 595 g/mol. The van der Waals surface area contributed by atoms with Gasteiger partial charge in [-0.05, 0) is 79.2 Å². The molecule has 0 radical (unpaired) electrons. The van der Waals surface area contributed by atoms with Crippen molar-refractivity contribution >= 4 is 39.5 Å². The molecule has 0 spiro atoms. The molecule has 2 N–H and O–H groups in total. The maximum absolute atomic E-state index is 4.08. The van der Waals surface area contributed by atoms with Gasteiger partial charge in [0.1, 0.15) is 6.17 Å². The van der Waals surface area contributed by atoms with Gasteiger partial charge in [0.05, 0.1) is 23.5 Å². The summed E-state index contributed by atoms with van der Waals surface area (Å²) in [5, 5.41) is 13.3. The smallest absolute Gasteiger partial charge is 0.125 e. The Kier molecular flexibility index (Phi) is 6.45. The van der Waals surface area contributed by atoms with Gasteiger partial charge < -0.3 is 15.5 Å². The van der Waals surface area contributed by atoms with Gasteiger partial charge in [-0.25, -0.2) is 0 Å². The molecule has 7 aromatic carbocycles. The van der Waals surface area contributed by atoms with Gasteiger partial charge in [-0.1, -0.05) is 152 Å². The van der Waals surface area contributed by atoms with Gasteiger partial charge in [0.2, 0.25) is 0 Å². The summed E-state index contributed by atoms with van der Waals surface area (Å²) in [5.41, 5.74) is 12.6. The van der Waals surface area contributed by atoms with E-state index in [1.165, 1.54) is 65.9 Å². The fourth-order valence-corrected chi connectivity index (χ4v) is 8.46. The third-order valence-electron chi connectivity index (χ3n) is 10.7. The SMILES string of the molecule is C1=c2ccccc2=C2c3c(cc(-c4ccccc4)c4ccccc34)N(C3Nc4ccccc4NC3c3ccc(-c4ccccc4)cc3)C2C1. The van der Waals surface area contributed by atoms with Crippen molar-refractivity contribution in [3.05, 3.63) is 185 Å². The van der Waals surface area contributed by atoms with Crippen molar-refractivity contribution in [2.75, 3.05) is 15.5 Å². The summed E-state index contributed by atoms with van der Waals surface area (Å²) < 4.78 is 0. The van der Waals surface area contributed by atoms with Crippen molar-refractivity contribution in [1.29, 1.82) is 0 Å². The van der Waals surface area contributed by atoms with Crippen molar-refractivity contribution in [2.24, 2.45) is 0 Å². The second kappa shape index (κ2) is 11.3. The van der Waals surface area contributed by atoms with Crippen LogP contribution >= 0.6 is 0 Å². The summed E-state index contributed by atoms with van der Waals surface area (Å²) in [7, 11) is 0. The fraction of sp³-hybridized carbons (Fsp3) is 0.0870. The van der Waals surface area contributed by atoms with E-state index < -0.39 is 0 Å². The zero-order chi connectivity index (χ0) is 32.3. The Morgan fingerprint density at radius 3 is 1.92 bits per heavy atom. The van der Waals surface area contributed by atoms with Crippen LogP contribution in [0.15, 0.2) is 164 Å². The normalized spacial score (nSPS) is 18.7. The molecular formula is C46H35N3. The van der Waals surface area contributed by atoms with Crippen LogP contribution in [0.1, 0.15) is 23.6 Å². The lowest BCUT2D eigenvalue weighted by molar-refractivity contribution is 0.541. The molecule has 7 aromatic rings. The van der Waals surface area contributed by atoms with Crippen molar-refractivity contribution in [3.8, 4) is 22.3 Å². The monoisotopic (exact) mass is 629 g/mol. The lowest BCUT2D eigenvalue weighted by Gasteiger charge is -2.45. The Morgan fingerprint density at radius 2 is 1.14 bits per heavy atom. The number of para-hydroxylation sites is 2. The number of nitrogens with one attached hydrogen (secondary N) is 2. The minimum absolute atomic E-state index is 0.00395. The number of hydrogen-bond acceptors (Lipinski definition) is 3. The summed E-state index contributed by atoms with van der Waals surface area (Å²) in [4.78, 5) is 2.70. The highest BCUT2D eigenvalue weighted by atomic mass is 15.4. The number of hydrogen-bond donors (Lipinski definition) is 2. The van der Waals surface area contributed by atoms with Gasteiger partial charge in [-0.3, -0.25) is 0 Å². The van der Waals surface area contributed by atoms with E-state index in [4.69, 9.17) is 0 Å². The molecule has 3 unspecified atom stereocenters. The second-order valence-electron chi connectivity index (χ2n) is 13.3. The molecule has 2 aliphatic heterocycles. The predicted molar refractivity (Wildman–Crippen MR) is 205 cm³/mol. The molecule has 49 heavy (non-hydrogen) atoms. The van der Waals surface area contributed by atoms with Crippen LogP contribution in [0.5, 0.6) is 0 Å². The van der Waals surface area contributed by atoms with Crippen molar-refractivity contribution in [2.45, 2.75) is 24.7 Å². The van der Waals surface area contributed by atoms with Gasteiger partial charge in [0.25, 0.3) is 0 Å². The van der Waals surface area contributed by atoms with Crippen LogP contribution in [0.25, 0.3) is 44.7 Å². The molecule has 0 saturated heterocycles. The average molecular weight is 630 g/mol. The van der Waals surface area contributed by atoms with E-state index in [1.54, 1.807) is 0 Å². The number of rotatable bonds is 4. The zero-order valence-corrected chi connectivity index (χ0v) is 27.1. The van der Waals surface area contributed by atoms with Gasteiger partial charge in [-0.2, -0.15) is 0 Å². The molecule has 2 heterocycles. The van der Waals surface area contributed by atoms with E-state index >= 15 is 0 Å². The van der Waals surface area contributed by atoms with Crippen LogP contribution in [0.4, 0.5) is 17.1 Å². The molecule has 3 aliphatic rings. The van der Waals surface area contributed by atoms with Crippen molar-refractivity contribution < 1.29 is 0 Å². The van der Waals surface area contributed by atoms with Crippen LogP contribution in [-0.4, -0.2) is 12.2 Å². The molecule has 0 bridgehead atoms. The Morgan fingerprint density at radius 1 is 0.531 bits per heavy atom. The summed E-state index contributed by atoms with van der Waals surface area (Å²) in [6.45, 7) is 0. The third kappa shape index (κ3) is 4.50. The number of anilines is 3. The molecule has 0 amide bonds. The van der Waals surface area contributed by atoms with Crippen molar-refractivity contribution in [3.63, 3.8) is 0 Å². The standard InChI is InChI=1S/C46H35N3/c1-3-13-30(14-4-1)31-23-25-34(26-24-31)45-46(48-40-22-12-11-21-39(40)47-45)49-41-28-27-33-17-7-8-18-35(33)43(41)44-37-20-10-9-19-36(37)38(29-42(44)49)32-15-5-2-6-16-32/h1-27,29,41,45-48H,28H2. The lowest BCUT2D eigenvalue weighted by Crippen LogP contribution is -2.53. The Hall–Kier alpha value is -6.06. The molecule has 0 aromatic heterocycles. The van der Waals surface area contributed by atoms with Crippen LogP contribution in [0, 0.1) is 0 Å². The number of nitrogens with zero attached hydrogens (tertiary/aromatic N) is 1. The zero-order valence-electron chi connectivity index (χ0n) is 27.1. The first-order chi connectivity index (χ1) is 24.3. The molecule has 1 aliphatic carbocycles. The second-order valence-corrected chi connectivity index (χ2v) is 13.3. The molecule has 3 heteroatoms. The van der Waals surface area contributed by atoms with Crippen LogP contribution < -0.4 is 26.0 Å². The summed E-state index contributed by atoms with van der Waals surface area (Å²) >= 11 is 0. The summed E-state index contributed by atoms with van der Waals surface area (Å²) in [5.74, 6) is 0. The molecule has 0 fully saturated rings. The number of fused-ring (bicyclic) bond motifs is 7. The largest absolute Gasteiger partial charge is 0.373 e. The molecule has 10 rings (SSSR count). The minimum atomic E-state index is -0.0535. The Bertz CT molecular complexity index is 2490. The summed E-state index contributed by atoms with van der Waals surface area (Å²) in [6, 6.07) is 59.9. The van der Waals surface area contributed by atoms with E-state index in [0.29, 0.717) is 0 Å². The third-order valence-corrected chi connectivity index (χ3v) is 10.7. The highest BCUT2D eigenvalue weighted by Gasteiger charge is 2.44. The van der Waals surface area contributed by atoms with Crippen LogP contribution in [-0.2, 0) is 0 Å². The fourth-order valence-electron chi connectivity index (χ4n) is 8.46. The Labute approximate surface area is 286 Å². The first kappa shape index (κ1) is 28.0. The minimum Gasteiger partial charge on any atom is -0.373 e. The van der Waals surface area contributed by atoms with E-state index in [-0.39, 0.29) is 18.2 Å². The van der Waals surface area contributed by atoms with Crippen LogP contribution in [0.3, 0.4) is 0 Å². The molecule has 0 saturated carbocycles. The molecule has 3 nitrogen and oxygen atoms in total. The topological polar surface area (TPSA) is 27.3 Å². The average Bonchev–Trinajstić information content (AvgIpc) is 3.52. The quantitative estimate of drug-likeness (QED) is 0.203. The predicted octanol–water partition coefficient (Wildman–Crippen LogP) is 9.35. The van der Waals surface area contributed by atoms with Crippen molar-refractivity contribution in [1.82, 2.24) is 0 Å². The number of benzene rings is 7. The highest BCUT2D eigenvalue weighted by molar-refractivity contribution is 6.10.